The minimum atomic E-state index is 0.0624. The molecule has 1 saturated heterocycles. The molecule has 1 unspecified atom stereocenters. The minimum absolute atomic E-state index is 0.0624. The molecule has 2 rings (SSSR count). The Morgan fingerprint density at radius 1 is 1.56 bits per heavy atom. The van der Waals surface area contributed by atoms with E-state index in [2.05, 4.69) is 15.6 Å². The van der Waals surface area contributed by atoms with Gasteiger partial charge in [-0.3, -0.25) is 9.78 Å². The van der Waals surface area contributed by atoms with Crippen LogP contribution in [0.5, 0.6) is 0 Å². The van der Waals surface area contributed by atoms with Crippen molar-refractivity contribution in [2.24, 2.45) is 0 Å². The molecule has 0 saturated carbocycles. The van der Waals surface area contributed by atoms with Crippen LogP contribution < -0.4 is 10.6 Å². The highest BCUT2D eigenvalue weighted by Gasteiger charge is 2.15. The van der Waals surface area contributed by atoms with E-state index >= 15 is 0 Å². The lowest BCUT2D eigenvalue weighted by molar-refractivity contribution is -0.121. The molecule has 2 heterocycles. The van der Waals surface area contributed by atoms with E-state index in [1.165, 1.54) is 0 Å². The van der Waals surface area contributed by atoms with Gasteiger partial charge in [0.1, 0.15) is 0 Å². The number of piperidine rings is 1. The summed E-state index contributed by atoms with van der Waals surface area (Å²) >= 11 is 0. The number of pyridine rings is 1. The number of hydrogen-bond acceptors (Lipinski definition) is 3. The SMILES string of the molecule is O=C(Cc1ccccn1)NC1CCCNC1. The number of carbonyl (C=O) groups is 1. The van der Waals surface area contributed by atoms with Gasteiger partial charge in [-0.2, -0.15) is 0 Å². The first-order chi connectivity index (χ1) is 7.84. The molecule has 4 nitrogen and oxygen atoms in total. The van der Waals surface area contributed by atoms with Gasteiger partial charge < -0.3 is 10.6 Å². The van der Waals surface area contributed by atoms with Crippen molar-refractivity contribution in [3.8, 4) is 0 Å². The van der Waals surface area contributed by atoms with Crippen LogP contribution in [0.1, 0.15) is 18.5 Å². The number of amides is 1. The summed E-state index contributed by atoms with van der Waals surface area (Å²) in [6.45, 7) is 1.95. The van der Waals surface area contributed by atoms with E-state index in [1.54, 1.807) is 6.20 Å². The quantitative estimate of drug-likeness (QED) is 0.778. The van der Waals surface area contributed by atoms with Crippen molar-refractivity contribution in [3.05, 3.63) is 30.1 Å². The molecule has 1 atom stereocenters. The van der Waals surface area contributed by atoms with E-state index < -0.39 is 0 Å². The lowest BCUT2D eigenvalue weighted by atomic mass is 10.1. The van der Waals surface area contributed by atoms with E-state index in [4.69, 9.17) is 0 Å². The first-order valence-electron chi connectivity index (χ1n) is 5.74. The second kappa shape index (κ2) is 5.61. The first kappa shape index (κ1) is 11.1. The highest BCUT2D eigenvalue weighted by molar-refractivity contribution is 5.78. The summed E-state index contributed by atoms with van der Waals surface area (Å²) in [5.74, 6) is 0.0624. The first-order valence-corrected chi connectivity index (χ1v) is 5.74. The maximum atomic E-state index is 11.7. The third-order valence-electron chi connectivity index (χ3n) is 2.73. The van der Waals surface area contributed by atoms with Crippen molar-refractivity contribution in [2.45, 2.75) is 25.3 Å². The van der Waals surface area contributed by atoms with E-state index in [9.17, 15) is 4.79 Å². The molecule has 2 N–H and O–H groups in total. The van der Waals surface area contributed by atoms with Gasteiger partial charge in [0.15, 0.2) is 0 Å². The van der Waals surface area contributed by atoms with Crippen LogP contribution in [0.15, 0.2) is 24.4 Å². The predicted octanol–water partition coefficient (Wildman–Crippen LogP) is 0.492. The van der Waals surface area contributed by atoms with Crippen LogP contribution in [-0.2, 0) is 11.2 Å². The average molecular weight is 219 g/mol. The van der Waals surface area contributed by atoms with Gasteiger partial charge in [-0.05, 0) is 31.5 Å². The van der Waals surface area contributed by atoms with E-state index in [-0.39, 0.29) is 11.9 Å². The summed E-state index contributed by atoms with van der Waals surface area (Å²) in [5, 5.41) is 6.30. The van der Waals surface area contributed by atoms with Gasteiger partial charge in [0.25, 0.3) is 0 Å². The summed E-state index contributed by atoms with van der Waals surface area (Å²) in [6.07, 6.45) is 4.29. The molecule has 0 radical (unpaired) electrons. The smallest absolute Gasteiger partial charge is 0.226 e. The van der Waals surface area contributed by atoms with E-state index in [0.29, 0.717) is 6.42 Å². The Morgan fingerprint density at radius 3 is 3.19 bits per heavy atom. The minimum Gasteiger partial charge on any atom is -0.352 e. The molecule has 0 aliphatic carbocycles. The highest BCUT2D eigenvalue weighted by Crippen LogP contribution is 2.02. The summed E-state index contributed by atoms with van der Waals surface area (Å²) < 4.78 is 0. The van der Waals surface area contributed by atoms with Gasteiger partial charge >= 0.3 is 0 Å². The number of nitrogens with one attached hydrogen (secondary N) is 2. The van der Waals surface area contributed by atoms with Crippen molar-refractivity contribution in [1.82, 2.24) is 15.6 Å². The Morgan fingerprint density at radius 2 is 2.50 bits per heavy atom. The molecular formula is C12H17N3O. The van der Waals surface area contributed by atoms with Gasteiger partial charge in [-0.15, -0.1) is 0 Å². The third kappa shape index (κ3) is 3.31. The zero-order valence-corrected chi connectivity index (χ0v) is 9.28. The largest absolute Gasteiger partial charge is 0.352 e. The Balaban J connectivity index is 1.80. The fourth-order valence-corrected chi connectivity index (χ4v) is 1.92. The van der Waals surface area contributed by atoms with Gasteiger partial charge in [-0.25, -0.2) is 0 Å². The molecule has 0 aromatic carbocycles. The molecule has 1 aliphatic rings. The van der Waals surface area contributed by atoms with Crippen molar-refractivity contribution in [1.29, 1.82) is 0 Å². The van der Waals surface area contributed by atoms with Crippen molar-refractivity contribution in [2.75, 3.05) is 13.1 Å². The van der Waals surface area contributed by atoms with Crippen LogP contribution in [0.2, 0.25) is 0 Å². The number of aromatic nitrogens is 1. The summed E-state index contributed by atoms with van der Waals surface area (Å²) in [4.78, 5) is 15.8. The standard InChI is InChI=1S/C12H17N3O/c16-12(8-10-4-1-2-7-14-10)15-11-5-3-6-13-9-11/h1-2,4,7,11,13H,3,5-6,8-9H2,(H,15,16). The normalized spacial score (nSPS) is 20.4. The Labute approximate surface area is 95.5 Å². The van der Waals surface area contributed by atoms with Crippen LogP contribution in [0, 0.1) is 0 Å². The van der Waals surface area contributed by atoms with Crippen LogP contribution in [0.3, 0.4) is 0 Å². The molecular weight excluding hydrogens is 202 g/mol. The average Bonchev–Trinajstić information content (AvgIpc) is 2.31. The van der Waals surface area contributed by atoms with Gasteiger partial charge in [0.05, 0.1) is 6.42 Å². The molecule has 0 bridgehead atoms. The lowest BCUT2D eigenvalue weighted by Crippen LogP contribution is -2.46. The number of hydrogen-bond donors (Lipinski definition) is 2. The fraction of sp³-hybridized carbons (Fsp3) is 0.500. The number of rotatable bonds is 3. The zero-order chi connectivity index (χ0) is 11.2. The third-order valence-corrected chi connectivity index (χ3v) is 2.73. The van der Waals surface area contributed by atoms with Crippen molar-refractivity contribution in [3.63, 3.8) is 0 Å². The molecule has 86 valence electrons. The zero-order valence-electron chi connectivity index (χ0n) is 9.28. The lowest BCUT2D eigenvalue weighted by Gasteiger charge is -2.23. The second-order valence-electron chi connectivity index (χ2n) is 4.11. The molecule has 1 aliphatic heterocycles. The Bertz CT molecular complexity index is 333. The van der Waals surface area contributed by atoms with Crippen LogP contribution in [0.25, 0.3) is 0 Å². The molecule has 1 amide bonds. The summed E-state index contributed by atoms with van der Waals surface area (Å²) in [5.41, 5.74) is 0.823. The van der Waals surface area contributed by atoms with Crippen LogP contribution in [-0.4, -0.2) is 30.0 Å². The number of carbonyl (C=O) groups excluding carboxylic acids is 1. The Kier molecular flexibility index (Phi) is 3.88. The number of nitrogens with zero attached hydrogens (tertiary/aromatic N) is 1. The summed E-state index contributed by atoms with van der Waals surface area (Å²) in [6, 6.07) is 5.91. The monoisotopic (exact) mass is 219 g/mol. The molecule has 1 fully saturated rings. The maximum Gasteiger partial charge on any atom is 0.226 e. The summed E-state index contributed by atoms with van der Waals surface area (Å²) in [7, 11) is 0. The second-order valence-corrected chi connectivity index (χ2v) is 4.11. The van der Waals surface area contributed by atoms with E-state index in [1.807, 2.05) is 18.2 Å². The topological polar surface area (TPSA) is 54.0 Å². The predicted molar refractivity (Wildman–Crippen MR) is 62.0 cm³/mol. The molecule has 1 aromatic rings. The van der Waals surface area contributed by atoms with Gasteiger partial charge in [0.2, 0.25) is 5.91 Å². The van der Waals surface area contributed by atoms with Gasteiger partial charge in [-0.1, -0.05) is 6.07 Å². The van der Waals surface area contributed by atoms with Crippen molar-refractivity contribution >= 4 is 5.91 Å². The maximum absolute atomic E-state index is 11.7. The molecule has 1 aromatic heterocycles. The van der Waals surface area contributed by atoms with Crippen LogP contribution in [0.4, 0.5) is 0 Å². The molecule has 4 heteroatoms. The van der Waals surface area contributed by atoms with E-state index in [0.717, 1.165) is 31.6 Å². The van der Waals surface area contributed by atoms with Gasteiger partial charge in [0, 0.05) is 24.5 Å². The Hall–Kier alpha value is -1.42. The molecule has 16 heavy (non-hydrogen) atoms. The van der Waals surface area contributed by atoms with Crippen LogP contribution >= 0.6 is 0 Å². The fourth-order valence-electron chi connectivity index (χ4n) is 1.92. The highest BCUT2D eigenvalue weighted by atomic mass is 16.1. The molecule has 0 spiro atoms. The van der Waals surface area contributed by atoms with Crippen molar-refractivity contribution < 1.29 is 4.79 Å².